The maximum Gasteiger partial charge on any atom is 0.315 e. The highest BCUT2D eigenvalue weighted by Crippen LogP contribution is 2.13. The van der Waals surface area contributed by atoms with Gasteiger partial charge in [-0.05, 0) is 35.8 Å². The van der Waals surface area contributed by atoms with Gasteiger partial charge in [-0.3, -0.25) is 4.90 Å². The van der Waals surface area contributed by atoms with Crippen LogP contribution in [-0.4, -0.2) is 55.7 Å². The fraction of sp³-hybridized carbons (Fsp3) is 0.458. The van der Waals surface area contributed by atoms with Crippen LogP contribution in [-0.2, 0) is 30.9 Å². The van der Waals surface area contributed by atoms with E-state index in [1.807, 2.05) is 12.1 Å². The molecule has 6 nitrogen and oxygen atoms in total. The molecule has 2 amide bonds. The van der Waals surface area contributed by atoms with Gasteiger partial charge in [0.15, 0.2) is 0 Å². The summed E-state index contributed by atoms with van der Waals surface area (Å²) in [5.41, 5.74) is 4.78. The number of carbonyl (C=O) groups excluding carboxylic acids is 1. The Morgan fingerprint density at radius 1 is 1.00 bits per heavy atom. The largest absolute Gasteiger partial charge is 0.379 e. The number of ether oxygens (including phenoxy) is 1. The summed E-state index contributed by atoms with van der Waals surface area (Å²) in [6.45, 7) is 9.49. The number of hydrogen-bond donors (Lipinski definition) is 2. The Balaban J connectivity index is 1.47. The van der Waals surface area contributed by atoms with E-state index in [2.05, 4.69) is 70.8 Å². The minimum absolute atomic E-state index is 0.146. The number of benzene rings is 2. The fourth-order valence-electron chi connectivity index (χ4n) is 3.57. The number of amides is 2. The molecule has 0 aliphatic carbocycles. The summed E-state index contributed by atoms with van der Waals surface area (Å²) in [4.78, 5) is 17.0. The molecular formula is C24H34N4O2. The zero-order valence-corrected chi connectivity index (χ0v) is 18.2. The molecule has 2 aromatic rings. The first-order valence-corrected chi connectivity index (χ1v) is 10.8. The van der Waals surface area contributed by atoms with E-state index in [4.69, 9.17) is 4.74 Å². The van der Waals surface area contributed by atoms with Gasteiger partial charge < -0.3 is 20.3 Å². The molecule has 0 saturated carbocycles. The number of urea groups is 1. The van der Waals surface area contributed by atoms with Crippen LogP contribution in [0.3, 0.4) is 0 Å². The van der Waals surface area contributed by atoms with Crippen LogP contribution in [0.5, 0.6) is 0 Å². The van der Waals surface area contributed by atoms with Crippen molar-refractivity contribution >= 4 is 6.03 Å². The standard InChI is InChI=1S/C24H34N4O2/c1-3-27(2)18-21-8-6-7-20(15-21)16-25-24(29)26-17-22-9-4-5-10-23(22)19-28-11-13-30-14-12-28/h4-10,15H,3,11-14,16-19H2,1-2H3,(H2,25,26,29). The Kier molecular flexibility index (Phi) is 8.68. The molecule has 0 aromatic heterocycles. The highest BCUT2D eigenvalue weighted by Gasteiger charge is 2.13. The minimum atomic E-state index is -0.146. The van der Waals surface area contributed by atoms with Gasteiger partial charge in [0.25, 0.3) is 0 Å². The molecule has 1 aliphatic heterocycles. The van der Waals surface area contributed by atoms with Crippen LogP contribution in [0.2, 0.25) is 0 Å². The van der Waals surface area contributed by atoms with Gasteiger partial charge >= 0.3 is 6.03 Å². The second-order valence-corrected chi connectivity index (χ2v) is 7.84. The van der Waals surface area contributed by atoms with Gasteiger partial charge in [-0.2, -0.15) is 0 Å². The van der Waals surface area contributed by atoms with Crippen LogP contribution in [0.4, 0.5) is 4.79 Å². The van der Waals surface area contributed by atoms with Gasteiger partial charge in [0.2, 0.25) is 0 Å². The van der Waals surface area contributed by atoms with Crippen LogP contribution in [0.1, 0.15) is 29.2 Å². The average Bonchev–Trinajstić information content (AvgIpc) is 2.78. The highest BCUT2D eigenvalue weighted by molar-refractivity contribution is 5.73. The maximum atomic E-state index is 12.3. The molecule has 162 valence electrons. The normalized spacial score (nSPS) is 14.6. The average molecular weight is 411 g/mol. The topological polar surface area (TPSA) is 56.8 Å². The molecule has 1 saturated heterocycles. The molecule has 1 fully saturated rings. The smallest absolute Gasteiger partial charge is 0.315 e. The third-order valence-corrected chi connectivity index (χ3v) is 5.49. The lowest BCUT2D eigenvalue weighted by Gasteiger charge is -2.27. The molecule has 0 spiro atoms. The number of rotatable bonds is 9. The predicted octanol–water partition coefficient (Wildman–Crippen LogP) is 2.97. The molecule has 30 heavy (non-hydrogen) atoms. The van der Waals surface area contributed by atoms with Gasteiger partial charge in [0.1, 0.15) is 0 Å². The molecule has 0 atom stereocenters. The van der Waals surface area contributed by atoms with E-state index in [0.29, 0.717) is 13.1 Å². The number of hydrogen-bond acceptors (Lipinski definition) is 4. The van der Waals surface area contributed by atoms with Gasteiger partial charge in [-0.25, -0.2) is 4.79 Å². The van der Waals surface area contributed by atoms with Crippen molar-refractivity contribution in [1.29, 1.82) is 0 Å². The summed E-state index contributed by atoms with van der Waals surface area (Å²) < 4.78 is 5.43. The van der Waals surface area contributed by atoms with Gasteiger partial charge in [-0.1, -0.05) is 55.5 Å². The van der Waals surface area contributed by atoms with Crippen LogP contribution in [0, 0.1) is 0 Å². The molecule has 2 aromatic carbocycles. The third-order valence-electron chi connectivity index (χ3n) is 5.49. The van der Waals surface area contributed by atoms with E-state index in [-0.39, 0.29) is 6.03 Å². The number of nitrogens with one attached hydrogen (secondary N) is 2. The lowest BCUT2D eigenvalue weighted by atomic mass is 10.1. The summed E-state index contributed by atoms with van der Waals surface area (Å²) in [6.07, 6.45) is 0. The quantitative estimate of drug-likeness (QED) is 0.667. The number of morpholine rings is 1. The molecule has 1 heterocycles. The molecular weight excluding hydrogens is 376 g/mol. The third kappa shape index (κ3) is 7.13. The van der Waals surface area contributed by atoms with Gasteiger partial charge in [0.05, 0.1) is 13.2 Å². The van der Waals surface area contributed by atoms with Crippen molar-refractivity contribution in [2.24, 2.45) is 0 Å². The Hall–Kier alpha value is -2.41. The molecule has 0 unspecified atom stereocenters. The minimum Gasteiger partial charge on any atom is -0.379 e. The predicted molar refractivity (Wildman–Crippen MR) is 120 cm³/mol. The number of carbonyl (C=O) groups is 1. The molecule has 1 aliphatic rings. The van der Waals surface area contributed by atoms with E-state index in [9.17, 15) is 4.79 Å². The van der Waals surface area contributed by atoms with Gasteiger partial charge in [-0.15, -0.1) is 0 Å². The first kappa shape index (κ1) is 22.3. The van der Waals surface area contributed by atoms with Crippen LogP contribution < -0.4 is 10.6 Å². The van der Waals surface area contributed by atoms with E-state index < -0.39 is 0 Å². The maximum absolute atomic E-state index is 12.3. The van der Waals surface area contributed by atoms with Crippen molar-refractivity contribution in [1.82, 2.24) is 20.4 Å². The zero-order chi connectivity index (χ0) is 21.2. The fourth-order valence-corrected chi connectivity index (χ4v) is 3.57. The Labute approximate surface area is 180 Å². The molecule has 0 radical (unpaired) electrons. The highest BCUT2D eigenvalue weighted by atomic mass is 16.5. The lowest BCUT2D eigenvalue weighted by molar-refractivity contribution is 0.0341. The second kappa shape index (κ2) is 11.7. The van der Waals surface area contributed by atoms with Crippen molar-refractivity contribution < 1.29 is 9.53 Å². The van der Waals surface area contributed by atoms with Crippen LogP contribution >= 0.6 is 0 Å². The summed E-state index contributed by atoms with van der Waals surface area (Å²) in [6, 6.07) is 16.5. The van der Waals surface area contributed by atoms with Crippen LogP contribution in [0.15, 0.2) is 48.5 Å². The van der Waals surface area contributed by atoms with Gasteiger partial charge in [0, 0.05) is 39.3 Å². The Morgan fingerprint density at radius 3 is 2.47 bits per heavy atom. The first-order chi connectivity index (χ1) is 14.6. The summed E-state index contributed by atoms with van der Waals surface area (Å²) >= 11 is 0. The summed E-state index contributed by atoms with van der Waals surface area (Å²) in [7, 11) is 2.11. The first-order valence-electron chi connectivity index (χ1n) is 10.8. The number of nitrogens with zero attached hydrogens (tertiary/aromatic N) is 2. The Bertz CT molecular complexity index is 805. The zero-order valence-electron chi connectivity index (χ0n) is 18.2. The lowest BCUT2D eigenvalue weighted by Crippen LogP contribution is -2.37. The SMILES string of the molecule is CCN(C)Cc1cccc(CNC(=O)NCc2ccccc2CN2CCOCC2)c1. The molecule has 3 rings (SSSR count). The molecule has 2 N–H and O–H groups in total. The van der Waals surface area contributed by atoms with Crippen molar-refractivity contribution in [3.63, 3.8) is 0 Å². The molecule has 0 bridgehead atoms. The van der Waals surface area contributed by atoms with Crippen molar-refractivity contribution in [3.8, 4) is 0 Å². The monoisotopic (exact) mass is 410 g/mol. The van der Waals surface area contributed by atoms with E-state index in [1.54, 1.807) is 0 Å². The molecule has 6 heteroatoms. The van der Waals surface area contributed by atoms with Crippen molar-refractivity contribution in [2.45, 2.75) is 33.1 Å². The summed E-state index contributed by atoms with van der Waals surface area (Å²) in [5.74, 6) is 0. The van der Waals surface area contributed by atoms with E-state index in [0.717, 1.165) is 57.1 Å². The Morgan fingerprint density at radius 2 is 1.70 bits per heavy atom. The van der Waals surface area contributed by atoms with Crippen molar-refractivity contribution in [2.75, 3.05) is 39.9 Å². The van der Waals surface area contributed by atoms with E-state index in [1.165, 1.54) is 11.1 Å². The van der Waals surface area contributed by atoms with Crippen molar-refractivity contribution in [3.05, 3.63) is 70.8 Å². The second-order valence-electron chi connectivity index (χ2n) is 7.84. The van der Waals surface area contributed by atoms with E-state index >= 15 is 0 Å². The van der Waals surface area contributed by atoms with Crippen LogP contribution in [0.25, 0.3) is 0 Å². The summed E-state index contributed by atoms with van der Waals surface area (Å²) in [5, 5.41) is 5.98.